The van der Waals surface area contributed by atoms with Crippen molar-refractivity contribution in [1.82, 2.24) is 0 Å². The molecule has 1 aliphatic rings. The molecule has 1 fully saturated rings. The van der Waals surface area contributed by atoms with Crippen LogP contribution in [0.5, 0.6) is 0 Å². The first-order valence-electron chi connectivity index (χ1n) is 4.87. The molecular formula is C10H18ClI. The zero-order valence-corrected chi connectivity index (χ0v) is 10.8. The molecule has 0 heterocycles. The fourth-order valence-corrected chi connectivity index (χ4v) is 3.07. The second-order valence-electron chi connectivity index (χ2n) is 4.34. The lowest BCUT2D eigenvalue weighted by atomic mass is 9.83. The Bertz CT molecular complexity index is 136. The maximum absolute atomic E-state index is 6.24. The largest absolute Gasteiger partial charge is 0.122 e. The SMILES string of the molecule is CC(C)CC1CCC(I)C(Cl)C1. The minimum atomic E-state index is 0.433. The second-order valence-corrected chi connectivity index (χ2v) is 6.50. The van der Waals surface area contributed by atoms with Crippen LogP contribution in [0.1, 0.15) is 39.5 Å². The lowest BCUT2D eigenvalue weighted by Crippen LogP contribution is -2.26. The predicted molar refractivity (Wildman–Crippen MR) is 64.2 cm³/mol. The molecule has 3 atom stereocenters. The smallest absolute Gasteiger partial charge is 0.0456 e. The summed E-state index contributed by atoms with van der Waals surface area (Å²) in [6.45, 7) is 4.61. The van der Waals surface area contributed by atoms with Crippen molar-refractivity contribution in [3.05, 3.63) is 0 Å². The van der Waals surface area contributed by atoms with Gasteiger partial charge in [0.15, 0.2) is 0 Å². The van der Waals surface area contributed by atoms with E-state index in [1.165, 1.54) is 25.7 Å². The van der Waals surface area contributed by atoms with Gasteiger partial charge in [0.1, 0.15) is 0 Å². The Morgan fingerprint density at radius 3 is 2.58 bits per heavy atom. The minimum absolute atomic E-state index is 0.433. The van der Waals surface area contributed by atoms with Crippen LogP contribution in [0.25, 0.3) is 0 Å². The zero-order valence-electron chi connectivity index (χ0n) is 7.89. The number of hydrogen-bond donors (Lipinski definition) is 0. The standard InChI is InChI=1S/C10H18ClI/c1-7(2)5-8-3-4-10(12)9(11)6-8/h7-10H,3-6H2,1-2H3. The highest BCUT2D eigenvalue weighted by Crippen LogP contribution is 2.35. The summed E-state index contributed by atoms with van der Waals surface area (Å²) in [6.07, 6.45) is 5.33. The van der Waals surface area contributed by atoms with Crippen molar-refractivity contribution in [3.8, 4) is 0 Å². The Morgan fingerprint density at radius 2 is 2.08 bits per heavy atom. The molecule has 0 N–H and O–H groups in total. The van der Waals surface area contributed by atoms with Crippen LogP contribution < -0.4 is 0 Å². The summed E-state index contributed by atoms with van der Waals surface area (Å²) in [5.41, 5.74) is 0. The molecule has 0 aromatic carbocycles. The Balaban J connectivity index is 2.30. The van der Waals surface area contributed by atoms with Gasteiger partial charge in [0.25, 0.3) is 0 Å². The highest BCUT2D eigenvalue weighted by Gasteiger charge is 2.27. The summed E-state index contributed by atoms with van der Waals surface area (Å²) in [5, 5.41) is 0.433. The van der Waals surface area contributed by atoms with E-state index in [0.29, 0.717) is 9.30 Å². The van der Waals surface area contributed by atoms with Crippen molar-refractivity contribution in [3.63, 3.8) is 0 Å². The molecule has 1 saturated carbocycles. The van der Waals surface area contributed by atoms with E-state index in [1.807, 2.05) is 0 Å². The van der Waals surface area contributed by atoms with E-state index in [2.05, 4.69) is 36.4 Å². The quantitative estimate of drug-likeness (QED) is 0.528. The number of halogens is 2. The van der Waals surface area contributed by atoms with Crippen LogP contribution in [-0.2, 0) is 0 Å². The van der Waals surface area contributed by atoms with Crippen LogP contribution in [-0.4, -0.2) is 9.30 Å². The summed E-state index contributed by atoms with van der Waals surface area (Å²) in [7, 11) is 0. The van der Waals surface area contributed by atoms with E-state index < -0.39 is 0 Å². The average molecular weight is 301 g/mol. The first-order chi connectivity index (χ1) is 5.59. The van der Waals surface area contributed by atoms with Gasteiger partial charge in [-0.2, -0.15) is 0 Å². The van der Waals surface area contributed by atoms with Crippen LogP contribution >= 0.6 is 34.2 Å². The van der Waals surface area contributed by atoms with Crippen molar-refractivity contribution in [2.24, 2.45) is 11.8 Å². The summed E-state index contributed by atoms with van der Waals surface area (Å²) >= 11 is 8.73. The summed E-state index contributed by atoms with van der Waals surface area (Å²) in [6, 6.07) is 0. The molecule has 0 aromatic rings. The van der Waals surface area contributed by atoms with Gasteiger partial charge in [-0.3, -0.25) is 0 Å². The van der Waals surface area contributed by atoms with Crippen LogP contribution in [0.15, 0.2) is 0 Å². The molecule has 1 aliphatic carbocycles. The number of rotatable bonds is 2. The summed E-state index contributed by atoms with van der Waals surface area (Å²) in [4.78, 5) is 0. The van der Waals surface area contributed by atoms with Crippen LogP contribution in [0, 0.1) is 11.8 Å². The van der Waals surface area contributed by atoms with Crippen molar-refractivity contribution in [2.45, 2.75) is 48.8 Å². The van der Waals surface area contributed by atoms with Gasteiger partial charge in [0.2, 0.25) is 0 Å². The average Bonchev–Trinajstić information content (AvgIpc) is 1.96. The minimum Gasteiger partial charge on any atom is -0.122 e. The molecule has 0 nitrogen and oxygen atoms in total. The van der Waals surface area contributed by atoms with Gasteiger partial charge in [0, 0.05) is 9.30 Å². The van der Waals surface area contributed by atoms with Gasteiger partial charge in [-0.25, -0.2) is 0 Å². The normalized spacial score (nSPS) is 37.2. The lowest BCUT2D eigenvalue weighted by molar-refractivity contribution is 0.317. The number of hydrogen-bond acceptors (Lipinski definition) is 0. The molecule has 0 spiro atoms. The Morgan fingerprint density at radius 1 is 1.42 bits per heavy atom. The van der Waals surface area contributed by atoms with Gasteiger partial charge < -0.3 is 0 Å². The van der Waals surface area contributed by atoms with Crippen molar-refractivity contribution in [2.75, 3.05) is 0 Å². The van der Waals surface area contributed by atoms with Gasteiger partial charge in [-0.15, -0.1) is 11.6 Å². The zero-order chi connectivity index (χ0) is 9.14. The predicted octanol–water partition coefficient (Wildman–Crippen LogP) is 4.24. The maximum Gasteiger partial charge on any atom is 0.0456 e. The van der Waals surface area contributed by atoms with E-state index in [9.17, 15) is 0 Å². The molecule has 12 heavy (non-hydrogen) atoms. The molecule has 1 rings (SSSR count). The third-order valence-corrected chi connectivity index (χ3v) is 5.00. The van der Waals surface area contributed by atoms with Crippen LogP contribution in [0.4, 0.5) is 0 Å². The fourth-order valence-electron chi connectivity index (χ4n) is 2.04. The van der Waals surface area contributed by atoms with Crippen molar-refractivity contribution >= 4 is 34.2 Å². The first kappa shape index (κ1) is 11.1. The third-order valence-electron chi connectivity index (χ3n) is 2.61. The Labute approximate surface area is 94.6 Å². The van der Waals surface area contributed by atoms with Gasteiger partial charge in [-0.05, 0) is 37.5 Å². The van der Waals surface area contributed by atoms with Gasteiger partial charge >= 0.3 is 0 Å². The monoisotopic (exact) mass is 300 g/mol. The van der Waals surface area contributed by atoms with E-state index in [-0.39, 0.29) is 0 Å². The summed E-state index contributed by atoms with van der Waals surface area (Å²) < 4.78 is 0.715. The van der Waals surface area contributed by atoms with Crippen molar-refractivity contribution in [1.29, 1.82) is 0 Å². The first-order valence-corrected chi connectivity index (χ1v) is 6.56. The Hall–Kier alpha value is 1.02. The molecule has 0 aliphatic heterocycles. The molecule has 2 heteroatoms. The molecule has 72 valence electrons. The molecule has 0 radical (unpaired) electrons. The highest BCUT2D eigenvalue weighted by atomic mass is 127. The molecule has 3 unspecified atom stereocenters. The summed E-state index contributed by atoms with van der Waals surface area (Å²) in [5.74, 6) is 1.74. The Kier molecular flexibility index (Phi) is 4.66. The topological polar surface area (TPSA) is 0 Å². The molecule has 0 saturated heterocycles. The van der Waals surface area contributed by atoms with Gasteiger partial charge in [0.05, 0.1) is 0 Å². The number of alkyl halides is 2. The van der Waals surface area contributed by atoms with E-state index in [0.717, 1.165) is 11.8 Å². The van der Waals surface area contributed by atoms with Gasteiger partial charge in [-0.1, -0.05) is 36.4 Å². The van der Waals surface area contributed by atoms with E-state index in [4.69, 9.17) is 11.6 Å². The molecule has 0 amide bonds. The molecular weight excluding hydrogens is 282 g/mol. The third kappa shape index (κ3) is 3.41. The molecule has 0 bridgehead atoms. The molecule has 0 aromatic heterocycles. The maximum atomic E-state index is 6.24. The van der Waals surface area contributed by atoms with Crippen LogP contribution in [0.3, 0.4) is 0 Å². The lowest BCUT2D eigenvalue weighted by Gasteiger charge is -2.30. The van der Waals surface area contributed by atoms with Crippen LogP contribution in [0.2, 0.25) is 0 Å². The van der Waals surface area contributed by atoms with Crippen molar-refractivity contribution < 1.29 is 0 Å². The highest BCUT2D eigenvalue weighted by molar-refractivity contribution is 14.1. The van der Waals surface area contributed by atoms with E-state index >= 15 is 0 Å². The van der Waals surface area contributed by atoms with E-state index in [1.54, 1.807) is 0 Å². The fraction of sp³-hybridized carbons (Fsp3) is 1.00. The second kappa shape index (κ2) is 5.04.